The third-order valence-corrected chi connectivity index (χ3v) is 4.83. The molecule has 2 aromatic carbocycles. The van der Waals surface area contributed by atoms with Gasteiger partial charge in [-0.15, -0.1) is 17.9 Å². The summed E-state index contributed by atoms with van der Waals surface area (Å²) in [5, 5.41) is 5.79. The summed E-state index contributed by atoms with van der Waals surface area (Å²) in [5.74, 6) is 0.908. The summed E-state index contributed by atoms with van der Waals surface area (Å²) in [6.45, 7) is 3.76. The van der Waals surface area contributed by atoms with Crippen LogP contribution in [0, 0.1) is 0 Å². The molecule has 1 aromatic heterocycles. The van der Waals surface area contributed by atoms with Gasteiger partial charge in [-0.05, 0) is 42.8 Å². The fraction of sp³-hybridized carbons (Fsp3) is 0.143. The van der Waals surface area contributed by atoms with Crippen molar-refractivity contribution in [2.75, 3.05) is 19.5 Å². The van der Waals surface area contributed by atoms with E-state index >= 15 is 0 Å². The van der Waals surface area contributed by atoms with E-state index in [2.05, 4.69) is 16.9 Å². The second-order valence-electron chi connectivity index (χ2n) is 5.73. The first-order valence-electron chi connectivity index (χ1n) is 8.33. The normalized spacial score (nSPS) is 10.3. The molecule has 0 saturated carbocycles. The largest absolute Gasteiger partial charge is 0.493 e. The number of nitrogens with zero attached hydrogens (tertiary/aromatic N) is 1. The summed E-state index contributed by atoms with van der Waals surface area (Å²) >= 11 is 1.57. The number of thiazole rings is 1. The average Bonchev–Trinajstić information content (AvgIpc) is 3.23. The molecule has 0 fully saturated rings. The van der Waals surface area contributed by atoms with E-state index in [1.165, 1.54) is 0 Å². The lowest BCUT2D eigenvalue weighted by molar-refractivity contribution is 0.102. The Morgan fingerprint density at radius 1 is 1.22 bits per heavy atom. The molecule has 0 atom stereocenters. The highest BCUT2D eigenvalue weighted by molar-refractivity contribution is 7.13. The van der Waals surface area contributed by atoms with Gasteiger partial charge in [-0.2, -0.15) is 0 Å². The maximum atomic E-state index is 12.7. The van der Waals surface area contributed by atoms with Gasteiger partial charge in [-0.25, -0.2) is 4.98 Å². The highest BCUT2D eigenvalue weighted by Gasteiger charge is 2.16. The number of hydrogen-bond donors (Lipinski definition) is 1. The van der Waals surface area contributed by atoms with Crippen molar-refractivity contribution in [1.29, 1.82) is 0 Å². The van der Waals surface area contributed by atoms with E-state index in [0.29, 0.717) is 29.2 Å². The van der Waals surface area contributed by atoms with Gasteiger partial charge < -0.3 is 14.8 Å². The number of carbonyl (C=O) groups is 1. The summed E-state index contributed by atoms with van der Waals surface area (Å²) in [5.41, 5.74) is 3.06. The number of hydrogen-bond acceptors (Lipinski definition) is 5. The van der Waals surface area contributed by atoms with E-state index < -0.39 is 0 Å². The van der Waals surface area contributed by atoms with Crippen molar-refractivity contribution < 1.29 is 14.3 Å². The van der Waals surface area contributed by atoms with Crippen LogP contribution in [0.4, 0.5) is 5.69 Å². The molecule has 0 bridgehead atoms. The first kappa shape index (κ1) is 18.7. The molecular weight excluding hydrogens is 360 g/mol. The molecular formula is C21H20N2O3S. The van der Waals surface area contributed by atoms with Crippen LogP contribution in [-0.2, 0) is 6.42 Å². The molecule has 0 unspecified atom stereocenters. The molecule has 0 spiro atoms. The summed E-state index contributed by atoms with van der Waals surface area (Å²) in [7, 11) is 3.13. The minimum Gasteiger partial charge on any atom is -0.493 e. The highest BCUT2D eigenvalue weighted by atomic mass is 32.1. The van der Waals surface area contributed by atoms with Gasteiger partial charge in [0.15, 0.2) is 11.5 Å². The molecule has 0 saturated heterocycles. The second kappa shape index (κ2) is 8.51. The number of nitrogens with one attached hydrogen (secondary N) is 1. The van der Waals surface area contributed by atoms with Crippen molar-refractivity contribution in [3.8, 4) is 22.1 Å². The van der Waals surface area contributed by atoms with Crippen LogP contribution in [0.2, 0.25) is 0 Å². The first-order chi connectivity index (χ1) is 13.2. The lowest BCUT2D eigenvalue weighted by Gasteiger charge is -2.14. The van der Waals surface area contributed by atoms with Crippen LogP contribution in [0.3, 0.4) is 0 Å². The van der Waals surface area contributed by atoms with Crippen LogP contribution < -0.4 is 14.8 Å². The van der Waals surface area contributed by atoms with E-state index in [0.717, 1.165) is 16.1 Å². The van der Waals surface area contributed by atoms with Crippen LogP contribution in [0.5, 0.6) is 11.5 Å². The Kier molecular flexibility index (Phi) is 5.88. The molecule has 5 nitrogen and oxygen atoms in total. The van der Waals surface area contributed by atoms with Gasteiger partial charge in [0.1, 0.15) is 5.01 Å². The summed E-state index contributed by atoms with van der Waals surface area (Å²) in [6.07, 6.45) is 4.10. The molecule has 0 aliphatic carbocycles. The van der Waals surface area contributed by atoms with Gasteiger partial charge in [0, 0.05) is 34.0 Å². The number of anilines is 1. The fourth-order valence-electron chi connectivity index (χ4n) is 2.75. The SMILES string of the molecule is C=CCc1cc(C(=O)Nc2ccc(-c3nccs3)cc2)cc(OC)c1OC. The molecule has 0 aliphatic rings. The van der Waals surface area contributed by atoms with Crippen molar-refractivity contribution in [1.82, 2.24) is 4.98 Å². The van der Waals surface area contributed by atoms with Crippen molar-refractivity contribution in [3.63, 3.8) is 0 Å². The maximum absolute atomic E-state index is 12.7. The Bertz CT molecular complexity index is 935. The smallest absolute Gasteiger partial charge is 0.255 e. The number of allylic oxidation sites excluding steroid dienone is 1. The Labute approximate surface area is 162 Å². The number of amides is 1. The van der Waals surface area contributed by atoms with E-state index in [1.54, 1.807) is 50.0 Å². The standard InChI is InChI=1S/C21H20N2O3S/c1-4-5-15-12-16(13-18(25-2)19(15)26-3)20(24)23-17-8-6-14(7-9-17)21-22-10-11-27-21/h4,6-13H,1,5H2,2-3H3,(H,23,24). The van der Waals surface area contributed by atoms with Gasteiger partial charge in [0.05, 0.1) is 14.2 Å². The van der Waals surface area contributed by atoms with Crippen LogP contribution in [0.25, 0.3) is 10.6 Å². The predicted molar refractivity (Wildman–Crippen MR) is 109 cm³/mol. The van der Waals surface area contributed by atoms with Crippen LogP contribution in [0.1, 0.15) is 15.9 Å². The zero-order valence-electron chi connectivity index (χ0n) is 15.2. The molecule has 3 rings (SSSR count). The van der Waals surface area contributed by atoms with Crippen LogP contribution in [0.15, 0.2) is 60.6 Å². The third-order valence-electron chi connectivity index (χ3n) is 4.00. The van der Waals surface area contributed by atoms with Crippen molar-refractivity contribution in [2.45, 2.75) is 6.42 Å². The topological polar surface area (TPSA) is 60.5 Å². The monoisotopic (exact) mass is 380 g/mol. The molecule has 138 valence electrons. The number of aromatic nitrogens is 1. The summed E-state index contributed by atoms with van der Waals surface area (Å²) in [4.78, 5) is 17.0. The van der Waals surface area contributed by atoms with Gasteiger partial charge in [-0.1, -0.05) is 6.08 Å². The van der Waals surface area contributed by atoms with Gasteiger partial charge >= 0.3 is 0 Å². The lowest BCUT2D eigenvalue weighted by atomic mass is 10.0. The third kappa shape index (κ3) is 4.17. The molecule has 0 radical (unpaired) electrons. The number of ether oxygens (including phenoxy) is 2. The average molecular weight is 380 g/mol. The van der Waals surface area contributed by atoms with E-state index in [4.69, 9.17) is 9.47 Å². The molecule has 0 aliphatic heterocycles. The Morgan fingerprint density at radius 3 is 2.59 bits per heavy atom. The Balaban J connectivity index is 1.83. The predicted octanol–water partition coefficient (Wildman–Crippen LogP) is 4.81. The first-order valence-corrected chi connectivity index (χ1v) is 9.21. The molecule has 1 heterocycles. The van der Waals surface area contributed by atoms with Crippen LogP contribution in [-0.4, -0.2) is 25.1 Å². The molecule has 1 amide bonds. The number of methoxy groups -OCH3 is 2. The molecule has 6 heteroatoms. The minimum absolute atomic E-state index is 0.219. The highest BCUT2D eigenvalue weighted by Crippen LogP contribution is 2.33. The van der Waals surface area contributed by atoms with E-state index in [1.807, 2.05) is 29.6 Å². The lowest BCUT2D eigenvalue weighted by Crippen LogP contribution is -2.13. The van der Waals surface area contributed by atoms with Gasteiger partial charge in [-0.3, -0.25) is 4.79 Å². The Hall–Kier alpha value is -3.12. The zero-order chi connectivity index (χ0) is 19.2. The molecule has 27 heavy (non-hydrogen) atoms. The quantitative estimate of drug-likeness (QED) is 0.598. The molecule has 1 N–H and O–H groups in total. The van der Waals surface area contributed by atoms with Crippen LogP contribution >= 0.6 is 11.3 Å². The van der Waals surface area contributed by atoms with Crippen molar-refractivity contribution in [3.05, 3.63) is 71.8 Å². The maximum Gasteiger partial charge on any atom is 0.255 e. The van der Waals surface area contributed by atoms with E-state index in [9.17, 15) is 4.79 Å². The Morgan fingerprint density at radius 2 is 2.00 bits per heavy atom. The zero-order valence-corrected chi connectivity index (χ0v) is 16.0. The number of carbonyl (C=O) groups excluding carboxylic acids is 1. The van der Waals surface area contributed by atoms with E-state index in [-0.39, 0.29) is 5.91 Å². The summed E-state index contributed by atoms with van der Waals surface area (Å²) in [6, 6.07) is 11.1. The number of benzene rings is 2. The van der Waals surface area contributed by atoms with Crippen molar-refractivity contribution in [2.24, 2.45) is 0 Å². The number of rotatable bonds is 7. The van der Waals surface area contributed by atoms with Gasteiger partial charge in [0.25, 0.3) is 5.91 Å². The molecule has 3 aromatic rings. The van der Waals surface area contributed by atoms with Crippen molar-refractivity contribution >= 4 is 22.9 Å². The second-order valence-corrected chi connectivity index (χ2v) is 6.63. The minimum atomic E-state index is -0.219. The van der Waals surface area contributed by atoms with Gasteiger partial charge in [0.2, 0.25) is 0 Å². The summed E-state index contributed by atoms with van der Waals surface area (Å²) < 4.78 is 10.8. The fourth-order valence-corrected chi connectivity index (χ4v) is 3.39.